The maximum absolute atomic E-state index is 10.4. The molecule has 0 radical (unpaired) electrons. The van der Waals surface area contributed by atoms with Gasteiger partial charge in [0, 0.05) is 6.42 Å². The average Bonchev–Trinajstić information content (AvgIpc) is 2.76. The van der Waals surface area contributed by atoms with Crippen LogP contribution in [0.15, 0.2) is 53.2 Å². The topological polar surface area (TPSA) is 17.1 Å². The molecule has 1 heterocycles. The van der Waals surface area contributed by atoms with Gasteiger partial charge in [-0.3, -0.25) is 4.79 Å². The van der Waals surface area contributed by atoms with Gasteiger partial charge in [0.1, 0.15) is 0 Å². The number of hydrogen-bond donors (Lipinski definition) is 0. The summed E-state index contributed by atoms with van der Waals surface area (Å²) in [6.45, 7) is 0. The van der Waals surface area contributed by atoms with Gasteiger partial charge in [-0.25, -0.2) is 0 Å². The Morgan fingerprint density at radius 3 is 2.07 bits per heavy atom. The highest BCUT2D eigenvalue weighted by Gasteiger charge is 1.95. The summed E-state index contributed by atoms with van der Waals surface area (Å²) in [6, 6.07) is 13.5. The van der Waals surface area contributed by atoms with Crippen LogP contribution in [0.25, 0.3) is 0 Å². The molecule has 1 nitrogen and oxygen atoms in total. The lowest BCUT2D eigenvalue weighted by molar-refractivity contribution is -0.111. The quantitative estimate of drug-likeness (QED) is 0.729. The molecule has 0 aliphatic rings. The number of carbonyl (C=O) groups is 1. The molecular weight excluding hydrogens is 228 g/mol. The second kappa shape index (κ2) is 7.21. The van der Waals surface area contributed by atoms with Gasteiger partial charge >= 0.3 is 0 Å². The van der Waals surface area contributed by atoms with Crippen molar-refractivity contribution in [3.8, 4) is 0 Å². The Bertz CT molecular complexity index is 353. The van der Waals surface area contributed by atoms with Gasteiger partial charge in [0.05, 0.1) is 0 Å². The minimum absolute atomic E-state index is 0.314. The summed E-state index contributed by atoms with van der Waals surface area (Å²) in [4.78, 5) is 10.4. The molecule has 0 atom stereocenters. The fourth-order valence-corrected chi connectivity index (χ4v) is 1.59. The van der Waals surface area contributed by atoms with Crippen LogP contribution in [0.4, 0.5) is 0 Å². The van der Waals surface area contributed by atoms with Crippen molar-refractivity contribution in [1.29, 1.82) is 0 Å². The monoisotopic (exact) mass is 238 g/mol. The first kappa shape index (κ1) is 12.0. The third kappa shape index (κ3) is 6.05. The number of benzene rings is 1. The first-order valence-electron chi connectivity index (χ1n) is 4.48. The molecule has 0 saturated carbocycles. The van der Waals surface area contributed by atoms with Crippen molar-refractivity contribution in [3.05, 3.63) is 58.8 Å². The van der Waals surface area contributed by atoms with Crippen LogP contribution in [0.2, 0.25) is 0 Å². The molecule has 3 heteroatoms. The summed E-state index contributed by atoms with van der Waals surface area (Å²) in [5, 5.41) is 3.77. The first-order chi connectivity index (χ1) is 7.29. The predicted octanol–water partition coefficient (Wildman–Crippen LogP) is 3.74. The van der Waals surface area contributed by atoms with Crippen molar-refractivity contribution in [1.82, 2.24) is 0 Å². The Hall–Kier alpha value is -1.12. The van der Waals surface area contributed by atoms with Crippen LogP contribution in [0.5, 0.6) is 0 Å². The average molecular weight is 239 g/mol. The molecule has 0 saturated heterocycles. The van der Waals surface area contributed by atoms with E-state index in [-0.39, 0.29) is 5.24 Å². The minimum Gasteiger partial charge on any atom is -0.281 e. The second-order valence-electron chi connectivity index (χ2n) is 2.81. The molecule has 0 fully saturated rings. The number of carbonyl (C=O) groups excluding carboxylic acids is 1. The Balaban J connectivity index is 0.000000187. The van der Waals surface area contributed by atoms with Crippen LogP contribution in [0.3, 0.4) is 0 Å². The Labute approximate surface area is 98.3 Å². The number of rotatable bonds is 2. The molecule has 1 aromatic heterocycles. The van der Waals surface area contributed by atoms with E-state index in [0.717, 1.165) is 5.56 Å². The molecule has 1 aromatic carbocycles. The van der Waals surface area contributed by atoms with Crippen LogP contribution in [-0.4, -0.2) is 5.24 Å². The van der Waals surface area contributed by atoms with Crippen LogP contribution in [0.1, 0.15) is 5.56 Å². The molecule has 0 amide bonds. The van der Waals surface area contributed by atoms with Crippen molar-refractivity contribution in [3.63, 3.8) is 0 Å². The van der Waals surface area contributed by atoms with Gasteiger partial charge in [-0.15, -0.1) is 0 Å². The normalized spacial score (nSPS) is 8.87. The number of thiophene rings is 1. The van der Waals surface area contributed by atoms with E-state index in [9.17, 15) is 4.79 Å². The third-order valence-electron chi connectivity index (χ3n) is 1.61. The second-order valence-corrected chi connectivity index (χ2v) is 4.05. The van der Waals surface area contributed by atoms with E-state index in [1.165, 1.54) is 0 Å². The summed E-state index contributed by atoms with van der Waals surface area (Å²) in [6.07, 6.45) is 0.322. The fourth-order valence-electron chi connectivity index (χ4n) is 0.983. The van der Waals surface area contributed by atoms with Crippen molar-refractivity contribution in [2.75, 3.05) is 0 Å². The van der Waals surface area contributed by atoms with Gasteiger partial charge in [-0.1, -0.05) is 42.5 Å². The molecule has 0 N–H and O–H groups in total. The van der Waals surface area contributed by atoms with Crippen molar-refractivity contribution in [2.24, 2.45) is 0 Å². The molecule has 2 rings (SSSR count). The van der Waals surface area contributed by atoms with E-state index in [0.29, 0.717) is 6.42 Å². The van der Waals surface area contributed by atoms with E-state index in [1.807, 2.05) is 53.2 Å². The van der Waals surface area contributed by atoms with E-state index >= 15 is 0 Å². The Morgan fingerprint density at radius 2 is 1.67 bits per heavy atom. The summed E-state index contributed by atoms with van der Waals surface area (Å²) in [7, 11) is 0. The molecule has 0 aliphatic heterocycles. The van der Waals surface area contributed by atoms with Gasteiger partial charge in [0.25, 0.3) is 0 Å². The van der Waals surface area contributed by atoms with E-state index in [2.05, 4.69) is 0 Å². The molecule has 0 bridgehead atoms. The highest BCUT2D eigenvalue weighted by molar-refractivity contribution is 7.07. The molecule has 0 aliphatic carbocycles. The fraction of sp³-hybridized carbons (Fsp3) is 0.0833. The van der Waals surface area contributed by atoms with Gasteiger partial charge in [0.15, 0.2) is 0 Å². The highest BCUT2D eigenvalue weighted by Crippen LogP contribution is 2.00. The largest absolute Gasteiger partial charge is 0.281 e. The molecular formula is C12H11ClOS. The molecule has 0 spiro atoms. The number of halogens is 1. The summed E-state index contributed by atoms with van der Waals surface area (Å²) in [5.74, 6) is 0. The van der Waals surface area contributed by atoms with Crippen LogP contribution in [-0.2, 0) is 11.2 Å². The molecule has 78 valence electrons. The van der Waals surface area contributed by atoms with Gasteiger partial charge in [0.2, 0.25) is 5.24 Å². The maximum Gasteiger partial charge on any atom is 0.226 e. The molecule has 0 unspecified atom stereocenters. The van der Waals surface area contributed by atoms with E-state index < -0.39 is 0 Å². The number of hydrogen-bond acceptors (Lipinski definition) is 2. The summed E-state index contributed by atoms with van der Waals surface area (Å²) in [5.41, 5.74) is 0.961. The van der Waals surface area contributed by atoms with E-state index in [1.54, 1.807) is 11.3 Å². The van der Waals surface area contributed by atoms with Crippen LogP contribution in [0, 0.1) is 0 Å². The summed E-state index contributed by atoms with van der Waals surface area (Å²) < 4.78 is 0. The van der Waals surface area contributed by atoms with Gasteiger partial charge < -0.3 is 0 Å². The lowest BCUT2D eigenvalue weighted by Gasteiger charge is -1.92. The van der Waals surface area contributed by atoms with Crippen molar-refractivity contribution >= 4 is 28.2 Å². The molecule has 15 heavy (non-hydrogen) atoms. The third-order valence-corrected chi connectivity index (χ3v) is 2.37. The van der Waals surface area contributed by atoms with E-state index in [4.69, 9.17) is 11.6 Å². The zero-order valence-electron chi connectivity index (χ0n) is 8.10. The standard InChI is InChI=1S/C8H7ClO.C4H4S/c9-8(10)6-7-4-2-1-3-5-7;1-2-4-5-3-1/h1-5H,6H2;1-4H. The summed E-state index contributed by atoms with van der Waals surface area (Å²) >= 11 is 6.89. The van der Waals surface area contributed by atoms with Crippen molar-refractivity contribution in [2.45, 2.75) is 6.42 Å². The minimum atomic E-state index is -0.314. The lowest BCUT2D eigenvalue weighted by Crippen LogP contribution is -1.91. The van der Waals surface area contributed by atoms with Crippen LogP contribution < -0.4 is 0 Å². The SMILES string of the molecule is O=C(Cl)Cc1ccccc1.c1ccsc1. The smallest absolute Gasteiger partial charge is 0.226 e. The predicted molar refractivity (Wildman–Crippen MR) is 65.3 cm³/mol. The first-order valence-corrected chi connectivity index (χ1v) is 5.80. The zero-order valence-corrected chi connectivity index (χ0v) is 9.67. The Kier molecular flexibility index (Phi) is 5.74. The molecule has 2 aromatic rings. The van der Waals surface area contributed by atoms with Gasteiger partial charge in [-0.05, 0) is 27.9 Å². The lowest BCUT2D eigenvalue weighted by atomic mass is 10.2. The zero-order chi connectivity index (χ0) is 10.9. The Morgan fingerprint density at radius 1 is 1.07 bits per heavy atom. The highest BCUT2D eigenvalue weighted by atomic mass is 35.5. The van der Waals surface area contributed by atoms with Crippen LogP contribution >= 0.6 is 22.9 Å². The van der Waals surface area contributed by atoms with Gasteiger partial charge in [-0.2, -0.15) is 11.3 Å². The van der Waals surface area contributed by atoms with Crippen molar-refractivity contribution < 1.29 is 4.79 Å². The maximum atomic E-state index is 10.4.